The Kier molecular flexibility index (Phi) is 6.30. The van der Waals surface area contributed by atoms with E-state index in [4.69, 9.17) is 17.3 Å². The number of piperidine rings is 1. The van der Waals surface area contributed by atoms with Gasteiger partial charge in [-0.3, -0.25) is 9.59 Å². The Balaban J connectivity index is 1.92. The second-order valence-electron chi connectivity index (χ2n) is 6.88. The molecule has 0 aromatic heterocycles. The van der Waals surface area contributed by atoms with Gasteiger partial charge in [0.05, 0.1) is 11.2 Å². The summed E-state index contributed by atoms with van der Waals surface area (Å²) in [6.45, 7) is 4.78. The summed E-state index contributed by atoms with van der Waals surface area (Å²) in [7, 11) is 0. The molecule has 1 aliphatic rings. The molecule has 0 bridgehead atoms. The average molecular weight is 368 g/mol. The molecule has 0 spiro atoms. The highest BCUT2D eigenvalue weighted by molar-refractivity contribution is 6.31. The second-order valence-corrected chi connectivity index (χ2v) is 7.32. The molecule has 6 nitrogen and oxygen atoms in total. The zero-order valence-corrected chi connectivity index (χ0v) is 15.5. The largest absolute Gasteiger partial charge is 0.506 e. The first-order chi connectivity index (χ1) is 11.7. The monoisotopic (exact) mass is 367 g/mol. The van der Waals surface area contributed by atoms with E-state index in [1.54, 1.807) is 17.9 Å². The minimum Gasteiger partial charge on any atom is -0.506 e. The first-order valence-corrected chi connectivity index (χ1v) is 9.00. The van der Waals surface area contributed by atoms with Gasteiger partial charge in [0.1, 0.15) is 5.75 Å². The van der Waals surface area contributed by atoms with E-state index < -0.39 is 5.54 Å². The van der Waals surface area contributed by atoms with Gasteiger partial charge in [-0.15, -0.1) is 0 Å². The molecule has 1 atom stereocenters. The van der Waals surface area contributed by atoms with Gasteiger partial charge in [0.15, 0.2) is 0 Å². The molecule has 0 radical (unpaired) electrons. The third kappa shape index (κ3) is 4.86. The van der Waals surface area contributed by atoms with E-state index in [1.165, 1.54) is 12.1 Å². The highest BCUT2D eigenvalue weighted by Crippen LogP contribution is 2.28. The summed E-state index contributed by atoms with van der Waals surface area (Å²) in [5.41, 5.74) is 5.57. The number of phenols is 1. The topological polar surface area (TPSA) is 95.7 Å². The third-order valence-electron chi connectivity index (χ3n) is 4.63. The number of nitrogens with two attached hydrogens (primary N) is 1. The van der Waals surface area contributed by atoms with Gasteiger partial charge in [0.2, 0.25) is 11.8 Å². The van der Waals surface area contributed by atoms with E-state index >= 15 is 0 Å². The molecule has 0 saturated carbocycles. The maximum atomic E-state index is 12.5. The molecule has 1 fully saturated rings. The van der Waals surface area contributed by atoms with Crippen LogP contribution in [0.5, 0.6) is 5.75 Å². The first-order valence-electron chi connectivity index (χ1n) is 8.62. The molecule has 1 aromatic carbocycles. The number of likely N-dealkylation sites (tertiary alicyclic amines) is 1. The number of phenolic OH excluding ortho intramolecular Hbond substituents is 1. The summed E-state index contributed by atoms with van der Waals surface area (Å²) in [5, 5.41) is 12.9. The molecule has 1 saturated heterocycles. The maximum absolute atomic E-state index is 12.5. The Bertz CT molecular complexity index is 640. The van der Waals surface area contributed by atoms with E-state index in [0.717, 1.165) is 6.42 Å². The van der Waals surface area contributed by atoms with Crippen molar-refractivity contribution in [1.82, 2.24) is 4.90 Å². The van der Waals surface area contributed by atoms with Crippen molar-refractivity contribution in [2.24, 2.45) is 11.7 Å². The Morgan fingerprint density at radius 3 is 2.64 bits per heavy atom. The quantitative estimate of drug-likeness (QED) is 0.697. The Morgan fingerprint density at radius 1 is 1.40 bits per heavy atom. The van der Waals surface area contributed by atoms with Crippen molar-refractivity contribution in [2.75, 3.05) is 18.4 Å². The van der Waals surface area contributed by atoms with Crippen LogP contribution in [-0.2, 0) is 9.59 Å². The van der Waals surface area contributed by atoms with Crippen LogP contribution in [0.2, 0.25) is 5.02 Å². The smallest absolute Gasteiger partial charge is 0.242 e. The van der Waals surface area contributed by atoms with E-state index in [-0.39, 0.29) is 23.5 Å². The molecule has 1 heterocycles. The lowest BCUT2D eigenvalue weighted by Crippen LogP contribution is -2.55. The number of halogens is 1. The normalized spacial score (nSPS) is 17.8. The van der Waals surface area contributed by atoms with Gasteiger partial charge < -0.3 is 21.1 Å². The lowest BCUT2D eigenvalue weighted by Gasteiger charge is -2.36. The van der Waals surface area contributed by atoms with Crippen LogP contribution in [0.15, 0.2) is 18.2 Å². The summed E-state index contributed by atoms with van der Waals surface area (Å²) in [6.07, 6.45) is 2.63. The molecule has 2 rings (SSSR count). The average Bonchev–Trinajstić information content (AvgIpc) is 2.57. The summed E-state index contributed by atoms with van der Waals surface area (Å²) >= 11 is 5.89. The van der Waals surface area contributed by atoms with Crippen molar-refractivity contribution in [3.63, 3.8) is 0 Å². The lowest BCUT2D eigenvalue weighted by molar-refractivity contribution is -0.139. The number of nitrogens with zero attached hydrogens (tertiary/aromatic N) is 1. The fraction of sp³-hybridized carbons (Fsp3) is 0.556. The number of benzene rings is 1. The molecule has 2 amide bonds. The number of carbonyl (C=O) groups is 2. The Morgan fingerprint density at radius 2 is 2.04 bits per heavy atom. The van der Waals surface area contributed by atoms with Crippen molar-refractivity contribution in [3.05, 3.63) is 23.2 Å². The Hall–Kier alpha value is -1.79. The molecule has 0 aliphatic carbocycles. The molecule has 25 heavy (non-hydrogen) atoms. The number of hydrogen-bond donors (Lipinski definition) is 3. The number of hydrogen-bond acceptors (Lipinski definition) is 4. The van der Waals surface area contributed by atoms with Gasteiger partial charge in [-0.05, 0) is 44.4 Å². The van der Waals surface area contributed by atoms with Gasteiger partial charge >= 0.3 is 0 Å². The van der Waals surface area contributed by atoms with E-state index in [0.29, 0.717) is 43.1 Å². The molecular formula is C18H26ClN3O3. The zero-order chi connectivity index (χ0) is 18.6. The van der Waals surface area contributed by atoms with Gasteiger partial charge in [-0.2, -0.15) is 0 Å². The predicted octanol–water partition coefficient (Wildman–Crippen LogP) is 2.74. The molecule has 7 heteroatoms. The van der Waals surface area contributed by atoms with Crippen LogP contribution >= 0.6 is 11.6 Å². The highest BCUT2D eigenvalue weighted by Gasteiger charge is 2.35. The molecule has 138 valence electrons. The number of anilines is 1. The summed E-state index contributed by atoms with van der Waals surface area (Å²) < 4.78 is 0. The zero-order valence-electron chi connectivity index (χ0n) is 14.7. The maximum Gasteiger partial charge on any atom is 0.242 e. The van der Waals surface area contributed by atoms with Crippen molar-refractivity contribution < 1.29 is 14.7 Å². The summed E-state index contributed by atoms with van der Waals surface area (Å²) in [5.74, 6) is -0.462. The molecule has 1 aliphatic heterocycles. The minimum absolute atomic E-state index is 0.0242. The van der Waals surface area contributed by atoms with E-state index in [9.17, 15) is 14.7 Å². The van der Waals surface area contributed by atoms with Crippen LogP contribution in [0.4, 0.5) is 5.69 Å². The van der Waals surface area contributed by atoms with E-state index in [2.05, 4.69) is 5.32 Å². The van der Waals surface area contributed by atoms with E-state index in [1.807, 2.05) is 6.92 Å². The standard InChI is InChI=1S/C18H26ClN3O3/c1-3-8-18(2,20)17(25)22-9-6-12(7-10-22)16(24)21-14-11-13(19)4-5-15(14)23/h4-5,11-12,23H,3,6-10,20H2,1-2H3,(H,21,24). The lowest BCUT2D eigenvalue weighted by atomic mass is 9.91. The van der Waals surface area contributed by atoms with Gasteiger partial charge in [-0.25, -0.2) is 0 Å². The number of carbonyl (C=O) groups excluding carboxylic acids is 2. The SMILES string of the molecule is CCCC(C)(N)C(=O)N1CCC(C(=O)Nc2cc(Cl)ccc2O)CC1. The van der Waals surface area contributed by atoms with Crippen molar-refractivity contribution in [3.8, 4) is 5.75 Å². The van der Waals surface area contributed by atoms with Crippen LogP contribution in [0, 0.1) is 5.92 Å². The number of amides is 2. The molecular weight excluding hydrogens is 342 g/mol. The summed E-state index contributed by atoms with van der Waals surface area (Å²) in [4.78, 5) is 26.7. The van der Waals surface area contributed by atoms with Crippen molar-refractivity contribution in [2.45, 2.75) is 45.1 Å². The van der Waals surface area contributed by atoms with Gasteiger partial charge in [-0.1, -0.05) is 24.9 Å². The molecule has 1 aromatic rings. The van der Waals surface area contributed by atoms with Crippen LogP contribution in [-0.4, -0.2) is 40.4 Å². The minimum atomic E-state index is -0.851. The van der Waals surface area contributed by atoms with Crippen LogP contribution < -0.4 is 11.1 Å². The predicted molar refractivity (Wildman–Crippen MR) is 98.6 cm³/mol. The number of aromatic hydroxyl groups is 1. The van der Waals surface area contributed by atoms with Gasteiger partial charge in [0.25, 0.3) is 0 Å². The fourth-order valence-electron chi connectivity index (χ4n) is 3.18. The first kappa shape index (κ1) is 19.5. The second kappa shape index (κ2) is 8.06. The Labute approximate surface area is 153 Å². The highest BCUT2D eigenvalue weighted by atomic mass is 35.5. The van der Waals surface area contributed by atoms with Crippen molar-refractivity contribution in [1.29, 1.82) is 0 Å². The third-order valence-corrected chi connectivity index (χ3v) is 4.86. The fourth-order valence-corrected chi connectivity index (χ4v) is 3.35. The number of rotatable bonds is 5. The van der Waals surface area contributed by atoms with Crippen LogP contribution in [0.1, 0.15) is 39.5 Å². The van der Waals surface area contributed by atoms with Gasteiger partial charge in [0, 0.05) is 24.0 Å². The summed E-state index contributed by atoms with van der Waals surface area (Å²) in [6, 6.07) is 4.50. The van der Waals surface area contributed by atoms with Crippen LogP contribution in [0.3, 0.4) is 0 Å². The molecule has 1 unspecified atom stereocenters. The van der Waals surface area contributed by atoms with Crippen LogP contribution in [0.25, 0.3) is 0 Å². The molecule has 4 N–H and O–H groups in total. The van der Waals surface area contributed by atoms with Crippen molar-refractivity contribution >= 4 is 29.1 Å². The number of nitrogens with one attached hydrogen (secondary N) is 1.